The Bertz CT molecular complexity index is 1110. The highest BCUT2D eigenvalue weighted by atomic mass is 19.1. The number of anilines is 1. The third kappa shape index (κ3) is 3.06. The summed E-state index contributed by atoms with van der Waals surface area (Å²) in [5.74, 6) is 0.575. The zero-order chi connectivity index (χ0) is 20.1. The molecule has 0 radical (unpaired) electrons. The molecule has 3 aromatic rings. The standard InChI is InChI=1S/C20H21FN6O2/c1-11-3-4-29-20-14(6-15(21)7-22-20)9-26-12(2)5-13-10-27-18(25-17(13)26)16(8-23-27)19(28)24-11/h6-8,10-12H,3-5,9H2,1-2H3,(H,24,28)/t11-,12-/m1/s1. The molecule has 0 spiro atoms. The number of carbonyl (C=O) groups excluding carboxylic acids is 1. The lowest BCUT2D eigenvalue weighted by Crippen LogP contribution is -2.34. The smallest absolute Gasteiger partial charge is 0.256 e. The van der Waals surface area contributed by atoms with Crippen LogP contribution in [0, 0.1) is 5.82 Å². The first-order chi connectivity index (χ1) is 14.0. The second kappa shape index (κ2) is 6.68. The molecule has 0 unspecified atom stereocenters. The van der Waals surface area contributed by atoms with Crippen molar-refractivity contribution >= 4 is 17.4 Å². The van der Waals surface area contributed by atoms with Crippen LogP contribution in [0.1, 0.15) is 41.8 Å². The number of nitrogens with zero attached hydrogens (tertiary/aromatic N) is 5. The van der Waals surface area contributed by atoms with E-state index in [0.717, 1.165) is 24.0 Å². The van der Waals surface area contributed by atoms with Crippen molar-refractivity contribution in [3.8, 4) is 5.88 Å². The molecule has 8 nitrogen and oxygen atoms in total. The summed E-state index contributed by atoms with van der Waals surface area (Å²) in [6, 6.07) is 1.51. The Balaban J connectivity index is 1.66. The predicted octanol–water partition coefficient (Wildman–Crippen LogP) is 2.12. The fourth-order valence-electron chi connectivity index (χ4n) is 3.96. The van der Waals surface area contributed by atoms with Crippen molar-refractivity contribution in [1.82, 2.24) is 24.9 Å². The van der Waals surface area contributed by atoms with Gasteiger partial charge < -0.3 is 15.0 Å². The quantitative estimate of drug-likeness (QED) is 0.627. The van der Waals surface area contributed by atoms with Gasteiger partial charge in [0.25, 0.3) is 5.91 Å². The number of amides is 1. The van der Waals surface area contributed by atoms with Gasteiger partial charge >= 0.3 is 0 Å². The summed E-state index contributed by atoms with van der Waals surface area (Å²) in [6.07, 6.45) is 6.00. The number of hydrogen-bond donors (Lipinski definition) is 1. The van der Waals surface area contributed by atoms with Crippen molar-refractivity contribution < 1.29 is 13.9 Å². The lowest BCUT2D eigenvalue weighted by Gasteiger charge is -2.25. The zero-order valence-corrected chi connectivity index (χ0v) is 16.2. The summed E-state index contributed by atoms with van der Waals surface area (Å²) < 4.78 is 21.4. The number of aromatic nitrogens is 4. The molecule has 0 saturated carbocycles. The van der Waals surface area contributed by atoms with Crippen molar-refractivity contribution in [2.45, 2.75) is 45.3 Å². The summed E-state index contributed by atoms with van der Waals surface area (Å²) in [6.45, 7) is 4.78. The molecule has 9 heteroatoms. The molecular formula is C20H21FN6O2. The Morgan fingerprint density at radius 3 is 3.00 bits per heavy atom. The van der Waals surface area contributed by atoms with Crippen LogP contribution in [0.2, 0.25) is 0 Å². The van der Waals surface area contributed by atoms with Gasteiger partial charge in [-0.25, -0.2) is 18.9 Å². The molecule has 0 aromatic carbocycles. The molecular weight excluding hydrogens is 375 g/mol. The number of halogens is 1. The molecule has 5 heterocycles. The lowest BCUT2D eigenvalue weighted by molar-refractivity contribution is 0.0936. The van der Waals surface area contributed by atoms with E-state index in [1.54, 1.807) is 10.7 Å². The van der Waals surface area contributed by atoms with Crippen molar-refractivity contribution in [3.05, 3.63) is 47.2 Å². The van der Waals surface area contributed by atoms with Crippen LogP contribution in [0.5, 0.6) is 5.88 Å². The Morgan fingerprint density at radius 1 is 1.28 bits per heavy atom. The molecule has 0 aliphatic carbocycles. The largest absolute Gasteiger partial charge is 0.477 e. The van der Waals surface area contributed by atoms with Crippen LogP contribution in [-0.4, -0.2) is 44.2 Å². The van der Waals surface area contributed by atoms with E-state index in [-0.39, 0.29) is 18.0 Å². The average Bonchev–Trinajstić information content (AvgIpc) is 3.21. The van der Waals surface area contributed by atoms with Gasteiger partial charge in [-0.1, -0.05) is 0 Å². The van der Waals surface area contributed by atoms with E-state index >= 15 is 0 Å². The number of ether oxygens (including phenoxy) is 1. The first kappa shape index (κ1) is 17.8. The number of pyridine rings is 1. The van der Waals surface area contributed by atoms with Crippen LogP contribution in [0.25, 0.3) is 5.65 Å². The summed E-state index contributed by atoms with van der Waals surface area (Å²) in [7, 11) is 0. The molecule has 5 rings (SSSR count). The molecule has 2 bridgehead atoms. The third-order valence-electron chi connectivity index (χ3n) is 5.51. The van der Waals surface area contributed by atoms with E-state index in [9.17, 15) is 9.18 Å². The third-order valence-corrected chi connectivity index (χ3v) is 5.51. The first-order valence-corrected chi connectivity index (χ1v) is 9.71. The zero-order valence-electron chi connectivity index (χ0n) is 16.2. The fourth-order valence-corrected chi connectivity index (χ4v) is 3.96. The fraction of sp³-hybridized carbons (Fsp3) is 0.400. The van der Waals surface area contributed by atoms with Crippen LogP contribution in [0.15, 0.2) is 24.7 Å². The SMILES string of the molecule is C[C@@H]1CCOc2ncc(F)cc2CN2c3nc4c(cnn4cc3C[C@H]2C)C(=O)N1. The van der Waals surface area contributed by atoms with Crippen molar-refractivity contribution in [1.29, 1.82) is 0 Å². The number of rotatable bonds is 0. The molecule has 150 valence electrons. The van der Waals surface area contributed by atoms with Gasteiger partial charge in [0.15, 0.2) is 5.65 Å². The second-order valence-corrected chi connectivity index (χ2v) is 7.73. The van der Waals surface area contributed by atoms with Gasteiger partial charge in [-0.05, 0) is 26.3 Å². The molecule has 0 saturated heterocycles. The van der Waals surface area contributed by atoms with Crippen LogP contribution < -0.4 is 15.0 Å². The van der Waals surface area contributed by atoms with Crippen molar-refractivity contribution in [2.24, 2.45) is 0 Å². The molecule has 0 fully saturated rings. The van der Waals surface area contributed by atoms with E-state index in [2.05, 4.69) is 27.2 Å². The minimum absolute atomic E-state index is 0.116. The molecule has 2 aliphatic rings. The van der Waals surface area contributed by atoms with E-state index < -0.39 is 5.82 Å². The Labute approximate surface area is 166 Å². The highest BCUT2D eigenvalue weighted by molar-refractivity contribution is 6.00. The van der Waals surface area contributed by atoms with Gasteiger partial charge in [0.1, 0.15) is 17.2 Å². The molecule has 2 aliphatic heterocycles. The summed E-state index contributed by atoms with van der Waals surface area (Å²) in [5, 5.41) is 7.28. The predicted molar refractivity (Wildman–Crippen MR) is 104 cm³/mol. The number of hydrogen-bond acceptors (Lipinski definition) is 6. The maximum atomic E-state index is 13.9. The molecule has 2 atom stereocenters. The van der Waals surface area contributed by atoms with Crippen LogP contribution >= 0.6 is 0 Å². The van der Waals surface area contributed by atoms with Crippen LogP contribution in [-0.2, 0) is 13.0 Å². The van der Waals surface area contributed by atoms with E-state index in [0.29, 0.717) is 42.2 Å². The van der Waals surface area contributed by atoms with Gasteiger partial charge in [0.2, 0.25) is 5.88 Å². The highest BCUT2D eigenvalue weighted by Gasteiger charge is 2.31. The lowest BCUT2D eigenvalue weighted by atomic mass is 10.2. The van der Waals surface area contributed by atoms with Gasteiger partial charge in [0.05, 0.1) is 25.5 Å². The van der Waals surface area contributed by atoms with E-state index in [1.165, 1.54) is 6.07 Å². The topological polar surface area (TPSA) is 84.7 Å². The highest BCUT2D eigenvalue weighted by Crippen LogP contribution is 2.34. The Morgan fingerprint density at radius 2 is 2.14 bits per heavy atom. The van der Waals surface area contributed by atoms with Gasteiger partial charge in [0, 0.05) is 35.8 Å². The first-order valence-electron chi connectivity index (χ1n) is 9.71. The molecule has 3 aromatic heterocycles. The number of carbonyl (C=O) groups is 1. The van der Waals surface area contributed by atoms with Crippen LogP contribution in [0.3, 0.4) is 0 Å². The van der Waals surface area contributed by atoms with Crippen molar-refractivity contribution in [3.63, 3.8) is 0 Å². The second-order valence-electron chi connectivity index (χ2n) is 7.73. The van der Waals surface area contributed by atoms with Crippen LogP contribution in [0.4, 0.5) is 10.2 Å². The summed E-state index contributed by atoms with van der Waals surface area (Å²) in [4.78, 5) is 23.8. The molecule has 1 amide bonds. The van der Waals surface area contributed by atoms with Crippen molar-refractivity contribution in [2.75, 3.05) is 11.5 Å². The van der Waals surface area contributed by atoms with E-state index in [4.69, 9.17) is 9.72 Å². The minimum atomic E-state index is -0.400. The Kier molecular flexibility index (Phi) is 4.11. The van der Waals surface area contributed by atoms with Gasteiger partial charge in [-0.15, -0.1) is 0 Å². The van der Waals surface area contributed by atoms with E-state index in [1.807, 2.05) is 13.1 Å². The minimum Gasteiger partial charge on any atom is -0.477 e. The van der Waals surface area contributed by atoms with Gasteiger partial charge in [-0.2, -0.15) is 5.10 Å². The number of nitrogens with one attached hydrogen (secondary N) is 1. The monoisotopic (exact) mass is 396 g/mol. The maximum Gasteiger partial charge on any atom is 0.256 e. The molecule has 29 heavy (non-hydrogen) atoms. The normalized spacial score (nSPS) is 21.6. The van der Waals surface area contributed by atoms with Gasteiger partial charge in [-0.3, -0.25) is 4.79 Å². The molecule has 1 N–H and O–H groups in total. The number of fused-ring (bicyclic) bond motifs is 1. The average molecular weight is 396 g/mol. The maximum absolute atomic E-state index is 13.9. The summed E-state index contributed by atoms with van der Waals surface area (Å²) in [5.41, 5.74) is 2.66. The Hall–Kier alpha value is -3.23. The summed E-state index contributed by atoms with van der Waals surface area (Å²) >= 11 is 0.